The maximum absolute atomic E-state index is 5.63. The number of hydrogen-bond acceptors (Lipinski definition) is 1. The Labute approximate surface area is 75.5 Å². The van der Waals surface area contributed by atoms with Gasteiger partial charge in [-0.3, -0.25) is 0 Å². The van der Waals surface area contributed by atoms with Gasteiger partial charge in [-0.1, -0.05) is 6.58 Å². The van der Waals surface area contributed by atoms with Crippen molar-refractivity contribution >= 4 is 19.9 Å². The average molecular weight is 193 g/mol. The summed E-state index contributed by atoms with van der Waals surface area (Å²) in [6, 6.07) is 0. The van der Waals surface area contributed by atoms with E-state index in [0.29, 0.717) is 5.88 Å². The molecule has 1 nitrogen and oxygen atoms in total. The highest BCUT2D eigenvalue weighted by molar-refractivity contribution is 6.70. The number of halogens is 1. The van der Waals surface area contributed by atoms with Crippen LogP contribution in [0, 0.1) is 0 Å². The Morgan fingerprint density at radius 2 is 2.00 bits per heavy atom. The molecule has 0 bridgehead atoms. The normalized spacial score (nSPS) is 11.3. The van der Waals surface area contributed by atoms with Gasteiger partial charge in [0, 0.05) is 12.3 Å². The molecule has 0 saturated carbocycles. The average Bonchev–Trinajstić information content (AvgIpc) is 1.79. The van der Waals surface area contributed by atoms with Crippen molar-refractivity contribution in [2.24, 2.45) is 0 Å². The van der Waals surface area contributed by atoms with Gasteiger partial charge in [0.15, 0.2) is 0 Å². The van der Waals surface area contributed by atoms with Gasteiger partial charge in [0.1, 0.15) is 0 Å². The Balaban J connectivity index is 3.53. The minimum Gasteiger partial charge on any atom is -0.548 e. The van der Waals surface area contributed by atoms with Gasteiger partial charge in [0.05, 0.1) is 5.76 Å². The molecule has 0 rings (SSSR count). The second kappa shape index (κ2) is 4.83. The van der Waals surface area contributed by atoms with E-state index in [-0.39, 0.29) is 0 Å². The summed E-state index contributed by atoms with van der Waals surface area (Å²) < 4.78 is 5.63. The molecule has 0 aliphatic heterocycles. The second-order valence-corrected chi connectivity index (χ2v) is 8.35. The Morgan fingerprint density at radius 3 is 2.36 bits per heavy atom. The zero-order valence-electron chi connectivity index (χ0n) is 7.61. The number of rotatable bonds is 5. The van der Waals surface area contributed by atoms with Crippen molar-refractivity contribution in [3.63, 3.8) is 0 Å². The van der Waals surface area contributed by atoms with Gasteiger partial charge in [-0.15, -0.1) is 11.6 Å². The van der Waals surface area contributed by atoms with E-state index < -0.39 is 8.32 Å². The molecule has 0 spiro atoms. The molecule has 66 valence electrons. The zero-order valence-corrected chi connectivity index (χ0v) is 9.37. The molecule has 0 radical (unpaired) electrons. The Hall–Kier alpha value is 0.0469. The molecule has 0 fully saturated rings. The van der Waals surface area contributed by atoms with E-state index in [1.807, 2.05) is 0 Å². The lowest BCUT2D eigenvalue weighted by Gasteiger charge is -2.20. The standard InChI is InChI=1S/C8H17ClOSi/c1-8(6-5-7-9)10-11(2,3)4/h1,5-7H2,2-4H3. The van der Waals surface area contributed by atoms with E-state index in [9.17, 15) is 0 Å². The van der Waals surface area contributed by atoms with Crippen LogP contribution in [0.4, 0.5) is 0 Å². The van der Waals surface area contributed by atoms with Crippen LogP contribution in [0.3, 0.4) is 0 Å². The summed E-state index contributed by atoms with van der Waals surface area (Å²) in [5.41, 5.74) is 0. The first-order valence-corrected chi connectivity index (χ1v) is 7.83. The lowest BCUT2D eigenvalue weighted by molar-refractivity contribution is 0.401. The molecular weight excluding hydrogens is 176 g/mol. The van der Waals surface area contributed by atoms with Crippen LogP contribution < -0.4 is 0 Å². The highest BCUT2D eigenvalue weighted by Gasteiger charge is 2.16. The van der Waals surface area contributed by atoms with Crippen LogP contribution in [0.2, 0.25) is 19.6 Å². The lowest BCUT2D eigenvalue weighted by Crippen LogP contribution is -2.24. The number of hydrogen-bond donors (Lipinski definition) is 0. The molecule has 0 unspecified atom stereocenters. The van der Waals surface area contributed by atoms with Gasteiger partial charge in [0.2, 0.25) is 8.32 Å². The SMILES string of the molecule is C=C(CCCCl)O[Si](C)(C)C. The van der Waals surface area contributed by atoms with Crippen molar-refractivity contribution in [1.29, 1.82) is 0 Å². The van der Waals surface area contributed by atoms with Gasteiger partial charge in [0.25, 0.3) is 0 Å². The van der Waals surface area contributed by atoms with Gasteiger partial charge >= 0.3 is 0 Å². The largest absolute Gasteiger partial charge is 0.548 e. The fraction of sp³-hybridized carbons (Fsp3) is 0.750. The summed E-state index contributed by atoms with van der Waals surface area (Å²) in [7, 11) is -1.41. The maximum atomic E-state index is 5.63. The zero-order chi connectivity index (χ0) is 8.91. The van der Waals surface area contributed by atoms with Crippen molar-refractivity contribution in [1.82, 2.24) is 0 Å². The van der Waals surface area contributed by atoms with Crippen LogP contribution in [-0.2, 0) is 4.43 Å². The van der Waals surface area contributed by atoms with Crippen molar-refractivity contribution < 1.29 is 4.43 Å². The quantitative estimate of drug-likeness (QED) is 0.369. The van der Waals surface area contributed by atoms with E-state index in [1.165, 1.54) is 0 Å². The predicted octanol–water partition coefficient (Wildman–Crippen LogP) is 3.37. The summed E-state index contributed by atoms with van der Waals surface area (Å²) in [5.74, 6) is 1.58. The molecule has 0 aliphatic rings. The molecular formula is C8H17ClOSi. The van der Waals surface area contributed by atoms with E-state index in [0.717, 1.165) is 18.6 Å². The molecule has 3 heteroatoms. The monoisotopic (exact) mass is 192 g/mol. The van der Waals surface area contributed by atoms with Crippen LogP contribution in [0.1, 0.15) is 12.8 Å². The first-order valence-electron chi connectivity index (χ1n) is 3.88. The highest BCUT2D eigenvalue weighted by atomic mass is 35.5. The molecule has 11 heavy (non-hydrogen) atoms. The number of alkyl halides is 1. The third kappa shape index (κ3) is 7.95. The number of allylic oxidation sites excluding steroid dienone is 1. The summed E-state index contributed by atoms with van der Waals surface area (Å²) >= 11 is 5.53. The topological polar surface area (TPSA) is 9.23 Å². The molecule has 0 heterocycles. The van der Waals surface area contributed by atoms with Crippen molar-refractivity contribution in [3.8, 4) is 0 Å². The molecule has 0 atom stereocenters. The first-order chi connectivity index (χ1) is 4.95. The van der Waals surface area contributed by atoms with Gasteiger partial charge < -0.3 is 4.43 Å². The molecule has 0 aliphatic carbocycles. The molecule has 0 amide bonds. The fourth-order valence-corrected chi connectivity index (χ4v) is 1.85. The Kier molecular flexibility index (Phi) is 4.85. The molecule has 0 aromatic heterocycles. The van der Waals surface area contributed by atoms with Crippen molar-refractivity contribution in [2.45, 2.75) is 32.5 Å². The second-order valence-electron chi connectivity index (χ2n) is 3.55. The minimum absolute atomic E-state index is 0.689. The smallest absolute Gasteiger partial charge is 0.241 e. The van der Waals surface area contributed by atoms with Gasteiger partial charge in [-0.2, -0.15) is 0 Å². The Bertz CT molecular complexity index is 129. The minimum atomic E-state index is -1.41. The molecule has 0 aromatic carbocycles. The van der Waals surface area contributed by atoms with E-state index in [1.54, 1.807) is 0 Å². The Morgan fingerprint density at radius 1 is 1.45 bits per heavy atom. The third-order valence-corrected chi connectivity index (χ3v) is 2.21. The van der Waals surface area contributed by atoms with Crippen LogP contribution in [0.25, 0.3) is 0 Å². The maximum Gasteiger partial charge on any atom is 0.241 e. The molecule has 0 saturated heterocycles. The predicted molar refractivity (Wildman–Crippen MR) is 53.5 cm³/mol. The third-order valence-electron chi connectivity index (χ3n) is 1.04. The van der Waals surface area contributed by atoms with Crippen LogP contribution >= 0.6 is 11.6 Å². The first kappa shape index (κ1) is 11.0. The van der Waals surface area contributed by atoms with Crippen LogP contribution in [-0.4, -0.2) is 14.2 Å². The van der Waals surface area contributed by atoms with E-state index >= 15 is 0 Å². The van der Waals surface area contributed by atoms with Gasteiger partial charge in [-0.05, 0) is 26.1 Å². The summed E-state index contributed by atoms with van der Waals surface area (Å²) in [6.45, 7) is 10.3. The lowest BCUT2D eigenvalue weighted by atomic mass is 10.3. The molecule has 0 N–H and O–H groups in total. The van der Waals surface area contributed by atoms with Gasteiger partial charge in [-0.25, -0.2) is 0 Å². The molecule has 0 aromatic rings. The fourth-order valence-electron chi connectivity index (χ4n) is 0.748. The van der Waals surface area contributed by atoms with E-state index in [4.69, 9.17) is 16.0 Å². The van der Waals surface area contributed by atoms with Crippen LogP contribution in [0.5, 0.6) is 0 Å². The highest BCUT2D eigenvalue weighted by Crippen LogP contribution is 2.13. The van der Waals surface area contributed by atoms with Crippen molar-refractivity contribution in [2.75, 3.05) is 5.88 Å². The van der Waals surface area contributed by atoms with E-state index in [2.05, 4.69) is 26.2 Å². The summed E-state index contributed by atoms with van der Waals surface area (Å²) in [4.78, 5) is 0. The van der Waals surface area contributed by atoms with Crippen molar-refractivity contribution in [3.05, 3.63) is 12.3 Å². The summed E-state index contributed by atoms with van der Waals surface area (Å²) in [5, 5.41) is 0. The summed E-state index contributed by atoms with van der Waals surface area (Å²) in [6.07, 6.45) is 1.86. The van der Waals surface area contributed by atoms with Crippen LogP contribution in [0.15, 0.2) is 12.3 Å².